The number of rotatable bonds is 5. The summed E-state index contributed by atoms with van der Waals surface area (Å²) in [5.74, 6) is -2.29. The van der Waals surface area contributed by atoms with E-state index in [9.17, 15) is 27.6 Å². The number of likely N-dealkylation sites (tertiary alicyclic amines) is 1. The number of carboxylic acid groups (broad SMARTS) is 1. The van der Waals surface area contributed by atoms with E-state index in [1.807, 2.05) is 0 Å². The summed E-state index contributed by atoms with van der Waals surface area (Å²) in [7, 11) is 0. The van der Waals surface area contributed by atoms with E-state index in [1.54, 1.807) is 4.90 Å². The van der Waals surface area contributed by atoms with Gasteiger partial charge in [-0.2, -0.15) is 13.2 Å². The molecule has 1 aromatic carbocycles. The van der Waals surface area contributed by atoms with Crippen molar-refractivity contribution in [1.29, 1.82) is 0 Å². The van der Waals surface area contributed by atoms with E-state index in [0.29, 0.717) is 37.2 Å². The summed E-state index contributed by atoms with van der Waals surface area (Å²) in [6.45, 7) is 0.706. The molecule has 1 fully saturated rings. The van der Waals surface area contributed by atoms with Gasteiger partial charge < -0.3 is 15.3 Å². The number of aliphatic carboxylic acids is 1. The number of alkyl halides is 3. The first-order chi connectivity index (χ1) is 12.2. The van der Waals surface area contributed by atoms with Crippen LogP contribution in [0.1, 0.15) is 36.0 Å². The van der Waals surface area contributed by atoms with Crippen LogP contribution in [0.5, 0.6) is 0 Å². The predicted molar refractivity (Wildman–Crippen MR) is 86.6 cm³/mol. The van der Waals surface area contributed by atoms with Crippen LogP contribution in [-0.4, -0.2) is 47.1 Å². The maximum absolute atomic E-state index is 12.4. The smallest absolute Gasteiger partial charge is 0.389 e. The molecule has 0 atom stereocenters. The number of hydrogen-bond acceptors (Lipinski definition) is 3. The number of benzene rings is 1. The molecule has 2 amide bonds. The number of anilines is 1. The molecule has 9 heteroatoms. The van der Waals surface area contributed by atoms with E-state index in [2.05, 4.69) is 5.32 Å². The quantitative estimate of drug-likeness (QED) is 0.832. The largest absolute Gasteiger partial charge is 0.481 e. The molecule has 0 unspecified atom stereocenters. The Morgan fingerprint density at radius 3 is 2.19 bits per heavy atom. The predicted octanol–water partition coefficient (Wildman–Crippen LogP) is 2.90. The van der Waals surface area contributed by atoms with Crippen molar-refractivity contribution in [3.05, 3.63) is 29.8 Å². The zero-order valence-electron chi connectivity index (χ0n) is 13.9. The van der Waals surface area contributed by atoms with Gasteiger partial charge >= 0.3 is 12.1 Å². The number of amides is 2. The lowest BCUT2D eigenvalue weighted by Crippen LogP contribution is -2.40. The van der Waals surface area contributed by atoms with Crippen LogP contribution in [0, 0.1) is 5.92 Å². The molecule has 0 radical (unpaired) electrons. The van der Waals surface area contributed by atoms with Gasteiger partial charge in [-0.05, 0) is 37.1 Å². The van der Waals surface area contributed by atoms with E-state index < -0.39 is 36.8 Å². The van der Waals surface area contributed by atoms with Crippen LogP contribution >= 0.6 is 0 Å². The third kappa shape index (κ3) is 5.75. The summed E-state index contributed by atoms with van der Waals surface area (Å²) >= 11 is 0. The Bertz CT molecular complexity index is 666. The number of nitrogens with one attached hydrogen (secondary N) is 1. The summed E-state index contributed by atoms with van der Waals surface area (Å²) in [6.07, 6.45) is -5.45. The van der Waals surface area contributed by atoms with Gasteiger partial charge in [0.1, 0.15) is 0 Å². The minimum absolute atomic E-state index is 0.246. The monoisotopic (exact) mass is 372 g/mol. The molecule has 0 aliphatic carbocycles. The van der Waals surface area contributed by atoms with Gasteiger partial charge in [0, 0.05) is 30.8 Å². The summed E-state index contributed by atoms with van der Waals surface area (Å²) in [5, 5.41) is 11.3. The highest BCUT2D eigenvalue weighted by Crippen LogP contribution is 2.22. The molecule has 0 bridgehead atoms. The fourth-order valence-electron chi connectivity index (χ4n) is 2.69. The molecule has 2 rings (SSSR count). The van der Waals surface area contributed by atoms with Gasteiger partial charge in [-0.15, -0.1) is 0 Å². The van der Waals surface area contributed by atoms with Gasteiger partial charge in [-0.3, -0.25) is 14.4 Å². The third-order valence-electron chi connectivity index (χ3n) is 4.18. The molecular weight excluding hydrogens is 353 g/mol. The first-order valence-corrected chi connectivity index (χ1v) is 8.14. The lowest BCUT2D eigenvalue weighted by atomic mass is 9.96. The van der Waals surface area contributed by atoms with Crippen LogP contribution in [0.15, 0.2) is 24.3 Å². The average Bonchev–Trinajstić information content (AvgIpc) is 2.59. The molecule has 26 heavy (non-hydrogen) atoms. The summed E-state index contributed by atoms with van der Waals surface area (Å²) in [4.78, 5) is 36.4. The van der Waals surface area contributed by atoms with Crippen LogP contribution < -0.4 is 5.32 Å². The van der Waals surface area contributed by atoms with E-state index >= 15 is 0 Å². The molecule has 1 aromatic rings. The van der Waals surface area contributed by atoms with Gasteiger partial charge in [-0.25, -0.2) is 0 Å². The Morgan fingerprint density at radius 2 is 1.69 bits per heavy atom. The van der Waals surface area contributed by atoms with Crippen molar-refractivity contribution in [2.45, 2.75) is 31.9 Å². The Balaban J connectivity index is 1.88. The van der Waals surface area contributed by atoms with Gasteiger partial charge in [0.2, 0.25) is 5.91 Å². The molecule has 2 N–H and O–H groups in total. The highest BCUT2D eigenvalue weighted by atomic mass is 19.4. The first-order valence-electron chi connectivity index (χ1n) is 8.14. The minimum Gasteiger partial charge on any atom is -0.481 e. The maximum atomic E-state index is 12.4. The van der Waals surface area contributed by atoms with Crippen molar-refractivity contribution < 1.29 is 32.7 Å². The number of nitrogens with zero attached hydrogens (tertiary/aromatic N) is 1. The van der Waals surface area contributed by atoms with Gasteiger partial charge in [0.25, 0.3) is 5.91 Å². The highest BCUT2D eigenvalue weighted by molar-refractivity contribution is 5.96. The number of piperidine rings is 1. The molecule has 1 saturated heterocycles. The Kier molecular flexibility index (Phi) is 6.23. The second-order valence-corrected chi connectivity index (χ2v) is 6.15. The van der Waals surface area contributed by atoms with Gasteiger partial charge in [-0.1, -0.05) is 0 Å². The number of carboxylic acids is 1. The van der Waals surface area contributed by atoms with E-state index in [-0.39, 0.29) is 5.91 Å². The zero-order valence-corrected chi connectivity index (χ0v) is 13.9. The average molecular weight is 372 g/mol. The lowest BCUT2D eigenvalue weighted by Gasteiger charge is -2.30. The fraction of sp³-hybridized carbons (Fsp3) is 0.471. The first kappa shape index (κ1) is 19.7. The second-order valence-electron chi connectivity index (χ2n) is 6.15. The normalized spacial score (nSPS) is 15.6. The number of carbonyl (C=O) groups excluding carboxylic acids is 2. The molecule has 0 spiro atoms. The van der Waals surface area contributed by atoms with Crippen LogP contribution in [-0.2, 0) is 9.59 Å². The SMILES string of the molecule is O=C(CCC(F)(F)F)Nc1ccc(C(=O)N2CCC(C(=O)O)CC2)cc1. The Hall–Kier alpha value is -2.58. The number of hydrogen-bond donors (Lipinski definition) is 2. The van der Waals surface area contributed by atoms with E-state index in [0.717, 1.165) is 0 Å². The fourth-order valence-corrected chi connectivity index (χ4v) is 2.69. The van der Waals surface area contributed by atoms with Crippen LogP contribution in [0.25, 0.3) is 0 Å². The third-order valence-corrected chi connectivity index (χ3v) is 4.18. The summed E-state index contributed by atoms with van der Waals surface area (Å²) < 4.78 is 36.3. The minimum atomic E-state index is -4.39. The topological polar surface area (TPSA) is 86.7 Å². The summed E-state index contributed by atoms with van der Waals surface area (Å²) in [6, 6.07) is 5.85. The van der Waals surface area contributed by atoms with Crippen LogP contribution in [0.4, 0.5) is 18.9 Å². The van der Waals surface area contributed by atoms with Crippen molar-refractivity contribution in [3.8, 4) is 0 Å². The molecule has 6 nitrogen and oxygen atoms in total. The van der Waals surface area contributed by atoms with Crippen molar-refractivity contribution in [3.63, 3.8) is 0 Å². The molecule has 1 aliphatic rings. The standard InChI is InChI=1S/C17H19F3N2O4/c18-17(19,20)8-5-14(23)21-13-3-1-11(2-4-13)15(24)22-9-6-12(7-10-22)16(25)26/h1-4,12H,5-10H2,(H,21,23)(H,25,26). The van der Waals surface area contributed by atoms with Crippen molar-refractivity contribution in [1.82, 2.24) is 4.90 Å². The number of carbonyl (C=O) groups is 3. The van der Waals surface area contributed by atoms with Gasteiger partial charge in [0.05, 0.1) is 12.3 Å². The molecule has 142 valence electrons. The summed E-state index contributed by atoms with van der Waals surface area (Å²) in [5.41, 5.74) is 0.672. The molecule has 0 saturated carbocycles. The zero-order chi connectivity index (χ0) is 19.3. The van der Waals surface area contributed by atoms with Crippen molar-refractivity contribution in [2.75, 3.05) is 18.4 Å². The molecule has 1 aliphatic heterocycles. The lowest BCUT2D eigenvalue weighted by molar-refractivity contribution is -0.143. The van der Waals surface area contributed by atoms with Crippen molar-refractivity contribution >= 4 is 23.5 Å². The molecule has 1 heterocycles. The maximum Gasteiger partial charge on any atom is 0.389 e. The highest BCUT2D eigenvalue weighted by Gasteiger charge is 2.28. The number of halogens is 3. The van der Waals surface area contributed by atoms with Crippen LogP contribution in [0.2, 0.25) is 0 Å². The Labute approximate surface area is 148 Å². The molecule has 0 aromatic heterocycles. The van der Waals surface area contributed by atoms with Gasteiger partial charge in [0.15, 0.2) is 0 Å². The van der Waals surface area contributed by atoms with Crippen molar-refractivity contribution in [2.24, 2.45) is 5.92 Å². The molecular formula is C17H19F3N2O4. The second kappa shape index (κ2) is 8.20. The van der Waals surface area contributed by atoms with E-state index in [1.165, 1.54) is 24.3 Å². The van der Waals surface area contributed by atoms with E-state index in [4.69, 9.17) is 5.11 Å². The van der Waals surface area contributed by atoms with Crippen LogP contribution in [0.3, 0.4) is 0 Å². The Morgan fingerprint density at radius 1 is 1.12 bits per heavy atom.